The van der Waals surface area contributed by atoms with E-state index in [1.165, 1.54) is 18.4 Å². The van der Waals surface area contributed by atoms with Gasteiger partial charge >= 0.3 is 0 Å². The van der Waals surface area contributed by atoms with Crippen LogP contribution in [-0.4, -0.2) is 50.4 Å². The number of sulfonamides is 1. The Bertz CT molecular complexity index is 586. The first-order chi connectivity index (χ1) is 9.78. The van der Waals surface area contributed by atoms with Gasteiger partial charge in [0.15, 0.2) is 5.11 Å². The molecule has 5 nitrogen and oxygen atoms in total. The molecule has 118 valence electrons. The number of nitrogens with zero attached hydrogens (tertiary/aromatic N) is 2. The molecule has 0 amide bonds. The Morgan fingerprint density at radius 1 is 1.29 bits per heavy atom. The van der Waals surface area contributed by atoms with E-state index >= 15 is 0 Å². The molecule has 0 spiro atoms. The first-order valence-corrected chi connectivity index (χ1v) is 8.68. The fraction of sp³-hybridized carbons (Fsp3) is 0.500. The Kier molecular flexibility index (Phi) is 6.57. The third-order valence-electron chi connectivity index (χ3n) is 3.06. The van der Waals surface area contributed by atoms with Gasteiger partial charge in [0.2, 0.25) is 10.0 Å². The summed E-state index contributed by atoms with van der Waals surface area (Å²) in [6, 6.07) is 6.67. The van der Waals surface area contributed by atoms with Gasteiger partial charge in [0, 0.05) is 33.4 Å². The Morgan fingerprint density at radius 3 is 2.52 bits per heavy atom. The zero-order valence-electron chi connectivity index (χ0n) is 13.0. The second-order valence-corrected chi connectivity index (χ2v) is 7.56. The van der Waals surface area contributed by atoms with Crippen molar-refractivity contribution in [2.24, 2.45) is 0 Å². The van der Waals surface area contributed by atoms with Crippen LogP contribution in [0.4, 0.5) is 5.69 Å². The Balaban J connectivity index is 2.85. The summed E-state index contributed by atoms with van der Waals surface area (Å²) < 4.78 is 25.4. The van der Waals surface area contributed by atoms with Crippen LogP contribution in [0.15, 0.2) is 29.2 Å². The van der Waals surface area contributed by atoms with E-state index in [0.717, 1.165) is 19.4 Å². The average molecular weight is 329 g/mol. The molecule has 0 radical (unpaired) electrons. The summed E-state index contributed by atoms with van der Waals surface area (Å²) in [5, 5.41) is 3.66. The van der Waals surface area contributed by atoms with E-state index in [9.17, 15) is 8.42 Å². The third-order valence-corrected chi connectivity index (χ3v) is 5.28. The number of rotatable bonds is 6. The van der Waals surface area contributed by atoms with Crippen LogP contribution in [0.5, 0.6) is 0 Å². The Hall–Kier alpha value is -1.18. The molecule has 0 saturated heterocycles. The van der Waals surface area contributed by atoms with Crippen molar-refractivity contribution >= 4 is 33.0 Å². The smallest absolute Gasteiger partial charge is 0.242 e. The summed E-state index contributed by atoms with van der Waals surface area (Å²) in [5.41, 5.74) is 0.672. The maximum Gasteiger partial charge on any atom is 0.242 e. The molecule has 0 aromatic heterocycles. The van der Waals surface area contributed by atoms with E-state index in [4.69, 9.17) is 12.2 Å². The van der Waals surface area contributed by atoms with Crippen molar-refractivity contribution in [1.29, 1.82) is 0 Å². The van der Waals surface area contributed by atoms with Crippen molar-refractivity contribution in [3.63, 3.8) is 0 Å². The van der Waals surface area contributed by atoms with Gasteiger partial charge in [0.1, 0.15) is 0 Å². The number of nitrogens with one attached hydrogen (secondary N) is 1. The van der Waals surface area contributed by atoms with Crippen molar-refractivity contribution in [2.45, 2.75) is 24.7 Å². The molecule has 1 rings (SSSR count). The number of hydrogen-bond donors (Lipinski definition) is 1. The molecule has 1 aromatic carbocycles. The summed E-state index contributed by atoms with van der Waals surface area (Å²) in [6.45, 7) is 3.00. The monoisotopic (exact) mass is 329 g/mol. The van der Waals surface area contributed by atoms with Crippen LogP contribution >= 0.6 is 12.2 Å². The van der Waals surface area contributed by atoms with E-state index in [2.05, 4.69) is 12.2 Å². The molecule has 1 N–H and O–H groups in total. The standard InChI is InChI=1S/C14H23N3O2S2/c1-5-6-10-17(4)14(20)15-12-8-7-9-13(11-12)21(18,19)16(2)3/h7-9,11H,5-6,10H2,1-4H3,(H,15,20). The van der Waals surface area contributed by atoms with Gasteiger partial charge < -0.3 is 10.2 Å². The summed E-state index contributed by atoms with van der Waals surface area (Å²) in [5.74, 6) is 0. The molecule has 0 fully saturated rings. The highest BCUT2D eigenvalue weighted by atomic mass is 32.2. The summed E-state index contributed by atoms with van der Waals surface area (Å²) in [4.78, 5) is 2.20. The topological polar surface area (TPSA) is 52.7 Å². The fourth-order valence-corrected chi connectivity index (χ4v) is 2.82. The number of benzene rings is 1. The van der Waals surface area contributed by atoms with Crippen LogP contribution < -0.4 is 5.32 Å². The van der Waals surface area contributed by atoms with Crippen molar-refractivity contribution in [3.05, 3.63) is 24.3 Å². The fourth-order valence-electron chi connectivity index (χ4n) is 1.66. The number of hydrogen-bond acceptors (Lipinski definition) is 3. The van der Waals surface area contributed by atoms with Crippen LogP contribution in [-0.2, 0) is 10.0 Å². The number of anilines is 1. The SMILES string of the molecule is CCCCN(C)C(=S)Nc1cccc(S(=O)(=O)N(C)C)c1. The van der Waals surface area contributed by atoms with Crippen LogP contribution in [0, 0.1) is 0 Å². The lowest BCUT2D eigenvalue weighted by Crippen LogP contribution is -2.32. The molecule has 0 atom stereocenters. The van der Waals surface area contributed by atoms with E-state index in [-0.39, 0.29) is 4.90 Å². The summed E-state index contributed by atoms with van der Waals surface area (Å²) in [6.07, 6.45) is 2.16. The molecule has 0 aliphatic carbocycles. The molecule has 1 aromatic rings. The van der Waals surface area contributed by atoms with E-state index in [1.807, 2.05) is 11.9 Å². The van der Waals surface area contributed by atoms with E-state index < -0.39 is 10.0 Å². The minimum absolute atomic E-state index is 0.247. The van der Waals surface area contributed by atoms with Crippen LogP contribution in [0.2, 0.25) is 0 Å². The van der Waals surface area contributed by atoms with Crippen molar-refractivity contribution < 1.29 is 8.42 Å². The maximum atomic E-state index is 12.1. The highest BCUT2D eigenvalue weighted by Crippen LogP contribution is 2.18. The van der Waals surface area contributed by atoms with Gasteiger partial charge in [-0.2, -0.15) is 0 Å². The zero-order valence-corrected chi connectivity index (χ0v) is 14.6. The molecule has 0 heterocycles. The Morgan fingerprint density at radius 2 is 1.95 bits per heavy atom. The third kappa shape index (κ3) is 4.94. The molecule has 0 bridgehead atoms. The van der Waals surface area contributed by atoms with Crippen LogP contribution in [0.3, 0.4) is 0 Å². The van der Waals surface area contributed by atoms with Gasteiger partial charge in [-0.15, -0.1) is 0 Å². The average Bonchev–Trinajstić information content (AvgIpc) is 2.44. The highest BCUT2D eigenvalue weighted by Gasteiger charge is 2.17. The largest absolute Gasteiger partial charge is 0.352 e. The van der Waals surface area contributed by atoms with Crippen molar-refractivity contribution in [1.82, 2.24) is 9.21 Å². The second-order valence-electron chi connectivity index (χ2n) is 5.02. The normalized spacial score (nSPS) is 11.5. The maximum absolute atomic E-state index is 12.1. The lowest BCUT2D eigenvalue weighted by atomic mass is 10.3. The quantitative estimate of drug-likeness (QED) is 0.812. The van der Waals surface area contributed by atoms with Gasteiger partial charge in [-0.25, -0.2) is 12.7 Å². The predicted octanol–water partition coefficient (Wildman–Crippen LogP) is 2.37. The molecule has 0 aliphatic rings. The summed E-state index contributed by atoms with van der Waals surface area (Å²) in [7, 11) is 1.51. The predicted molar refractivity (Wildman–Crippen MR) is 91.1 cm³/mol. The molecular formula is C14H23N3O2S2. The van der Waals surface area contributed by atoms with Crippen LogP contribution in [0.1, 0.15) is 19.8 Å². The Labute approximate surface area is 133 Å². The van der Waals surface area contributed by atoms with E-state index in [1.54, 1.807) is 24.3 Å². The van der Waals surface area contributed by atoms with Gasteiger partial charge in [-0.05, 0) is 36.8 Å². The minimum atomic E-state index is -3.43. The molecule has 0 unspecified atom stereocenters. The van der Waals surface area contributed by atoms with Crippen molar-refractivity contribution in [3.8, 4) is 0 Å². The summed E-state index contributed by atoms with van der Waals surface area (Å²) >= 11 is 5.32. The molecule has 21 heavy (non-hydrogen) atoms. The number of thiocarbonyl (C=S) groups is 1. The lowest BCUT2D eigenvalue weighted by Gasteiger charge is -2.21. The zero-order chi connectivity index (χ0) is 16.0. The van der Waals surface area contributed by atoms with Gasteiger partial charge in [-0.3, -0.25) is 0 Å². The molecular weight excluding hydrogens is 306 g/mol. The minimum Gasteiger partial charge on any atom is -0.352 e. The van der Waals surface area contributed by atoms with Gasteiger partial charge in [0.05, 0.1) is 4.90 Å². The van der Waals surface area contributed by atoms with Crippen molar-refractivity contribution in [2.75, 3.05) is 33.0 Å². The highest BCUT2D eigenvalue weighted by molar-refractivity contribution is 7.89. The number of unbranched alkanes of at least 4 members (excludes halogenated alkanes) is 1. The first kappa shape index (κ1) is 17.9. The van der Waals surface area contributed by atoms with Gasteiger partial charge in [-0.1, -0.05) is 19.4 Å². The molecule has 7 heteroatoms. The molecule has 0 saturated carbocycles. The molecule has 0 aliphatic heterocycles. The van der Waals surface area contributed by atoms with Gasteiger partial charge in [0.25, 0.3) is 0 Å². The second kappa shape index (κ2) is 7.72. The first-order valence-electron chi connectivity index (χ1n) is 6.83. The lowest BCUT2D eigenvalue weighted by molar-refractivity contribution is 0.491. The van der Waals surface area contributed by atoms with Crippen LogP contribution in [0.25, 0.3) is 0 Å². The van der Waals surface area contributed by atoms with E-state index in [0.29, 0.717) is 10.8 Å².